The maximum absolute atomic E-state index is 14.3. The average molecular weight is 1210 g/mol. The van der Waals surface area contributed by atoms with Crippen LogP contribution in [0, 0.1) is 0 Å². The molecule has 23 N–H and O–H groups in total. The number of carbonyl (C=O) groups is 8. The highest BCUT2D eigenvalue weighted by molar-refractivity contribution is 6.01. The normalized spacial score (nSPS) is 12.1. The van der Waals surface area contributed by atoms with Crippen molar-refractivity contribution < 1.29 is 52.6 Å². The van der Waals surface area contributed by atoms with Gasteiger partial charge in [-0.25, -0.2) is 15.0 Å². The Morgan fingerprint density at radius 3 is 1.24 bits per heavy atom. The van der Waals surface area contributed by atoms with Gasteiger partial charge in [0.15, 0.2) is 58.4 Å². The maximum Gasteiger partial charge on any atom is 0.274 e. The lowest BCUT2D eigenvalue weighted by molar-refractivity contribution is -0.121. The number of benzene rings is 1. The van der Waals surface area contributed by atoms with E-state index in [4.69, 9.17) is 71.5 Å². The molecule has 87 heavy (non-hydrogen) atoms. The number of ether oxygens (including phenoxy) is 3. The zero-order chi connectivity index (χ0) is 64.2. The summed E-state index contributed by atoms with van der Waals surface area (Å²) in [6, 6.07) is 10.3. The summed E-state index contributed by atoms with van der Waals surface area (Å²) in [6.07, 6.45) is 0.350. The van der Waals surface area contributed by atoms with Crippen molar-refractivity contribution >= 4 is 70.6 Å². The van der Waals surface area contributed by atoms with Crippen molar-refractivity contribution in [1.29, 1.82) is 0 Å². The largest absolute Gasteiger partial charge is 0.496 e. The summed E-state index contributed by atoms with van der Waals surface area (Å²) in [5, 5.41) is 8.16. The maximum atomic E-state index is 14.3. The second kappa shape index (κ2) is 35.1. The van der Waals surface area contributed by atoms with E-state index in [1.54, 1.807) is 6.07 Å². The van der Waals surface area contributed by atoms with E-state index in [0.717, 1.165) is 0 Å². The minimum atomic E-state index is -1.23. The van der Waals surface area contributed by atoms with Crippen LogP contribution in [0.25, 0.3) is 0 Å². The van der Waals surface area contributed by atoms with E-state index in [0.29, 0.717) is 18.4 Å². The molecule has 0 unspecified atom stereocenters. The molecule has 4 aromatic rings. The van der Waals surface area contributed by atoms with E-state index < -0.39 is 78.0 Å². The highest BCUT2D eigenvalue weighted by atomic mass is 16.5. The van der Waals surface area contributed by atoms with Crippen LogP contribution in [-0.4, -0.2) is 157 Å². The lowest BCUT2D eigenvalue weighted by Gasteiger charge is -2.20. The number of pyridine rings is 3. The number of Topliss-reactive ketones (excluding diaryl/α,β-unsaturated/α-hetero) is 4. The summed E-state index contributed by atoms with van der Waals surface area (Å²) in [6.45, 7) is 0.615. The lowest BCUT2D eigenvalue weighted by Crippen LogP contribution is -2.43. The number of hydrogen-bond donors (Lipinski definition) is 13. The number of carbonyl (C=O) groups excluding carboxylic acids is 8. The van der Waals surface area contributed by atoms with Crippen LogP contribution in [0.3, 0.4) is 0 Å². The van der Waals surface area contributed by atoms with Gasteiger partial charge in [0.25, 0.3) is 23.6 Å². The zero-order valence-corrected chi connectivity index (χ0v) is 48.8. The molecular weight excluding hydrogens is 1130 g/mol. The Morgan fingerprint density at radius 1 is 0.448 bits per heavy atom. The third-order valence-corrected chi connectivity index (χ3v) is 13.0. The third kappa shape index (κ3) is 23.3. The zero-order valence-electron chi connectivity index (χ0n) is 48.8. The van der Waals surface area contributed by atoms with E-state index in [1.807, 2.05) is 0 Å². The van der Waals surface area contributed by atoms with Gasteiger partial charge in [0.05, 0.1) is 70.3 Å². The summed E-state index contributed by atoms with van der Waals surface area (Å²) in [5.74, 6) is -5.47. The fraction of sp³-hybridized carbons (Fsp3) is 0.411. The van der Waals surface area contributed by atoms with Crippen molar-refractivity contribution in [3.8, 4) is 17.2 Å². The van der Waals surface area contributed by atoms with Gasteiger partial charge in [-0.15, -0.1) is 0 Å². The van der Waals surface area contributed by atoms with E-state index >= 15 is 0 Å². The fourth-order valence-electron chi connectivity index (χ4n) is 8.64. The van der Waals surface area contributed by atoms with Crippen LogP contribution >= 0.6 is 0 Å². The van der Waals surface area contributed by atoms with E-state index in [2.05, 4.69) is 50.9 Å². The second-order valence-electron chi connectivity index (χ2n) is 19.7. The molecule has 0 aliphatic rings. The van der Waals surface area contributed by atoms with Crippen LogP contribution in [0.2, 0.25) is 0 Å². The topological polar surface area (TPSA) is 549 Å². The molecule has 31 heteroatoms. The summed E-state index contributed by atoms with van der Waals surface area (Å²) in [5.41, 5.74) is 55.8. The number of methoxy groups -OCH3 is 3. The first-order valence-electron chi connectivity index (χ1n) is 27.4. The minimum absolute atomic E-state index is 0.0101. The molecule has 0 fully saturated rings. The molecule has 4 atom stereocenters. The van der Waals surface area contributed by atoms with E-state index in [-0.39, 0.29) is 164 Å². The number of nitrogens with two attached hydrogens (primary N) is 10. The van der Waals surface area contributed by atoms with Crippen molar-refractivity contribution in [3.63, 3.8) is 0 Å². The number of amides is 4. The summed E-state index contributed by atoms with van der Waals surface area (Å²) >= 11 is 0. The van der Waals surface area contributed by atoms with Crippen molar-refractivity contribution in [2.24, 2.45) is 77.3 Å². The second-order valence-corrected chi connectivity index (χ2v) is 19.7. The first-order valence-corrected chi connectivity index (χ1v) is 27.4. The molecule has 0 aliphatic carbocycles. The first-order chi connectivity index (χ1) is 41.4. The summed E-state index contributed by atoms with van der Waals surface area (Å²) in [7, 11) is 3.98. The van der Waals surface area contributed by atoms with E-state index in [1.165, 1.54) is 75.9 Å². The van der Waals surface area contributed by atoms with Crippen LogP contribution in [0.5, 0.6) is 17.2 Å². The monoisotopic (exact) mass is 1210 g/mol. The molecule has 468 valence electrons. The Labute approximate surface area is 501 Å². The summed E-state index contributed by atoms with van der Waals surface area (Å²) < 4.78 is 16.1. The number of guanidine groups is 4. The quantitative estimate of drug-likeness (QED) is 0.0124. The molecule has 31 nitrogen and oxygen atoms in total. The minimum Gasteiger partial charge on any atom is -0.496 e. The molecule has 0 bridgehead atoms. The first kappa shape index (κ1) is 69.2. The van der Waals surface area contributed by atoms with E-state index in [9.17, 15) is 38.4 Å². The third-order valence-electron chi connectivity index (χ3n) is 13.0. The molecule has 4 amide bonds. The Balaban J connectivity index is 1.57. The molecule has 3 heterocycles. The van der Waals surface area contributed by atoms with Gasteiger partial charge in [0.1, 0.15) is 22.9 Å². The number of hydrogen-bond acceptors (Lipinski definition) is 19. The number of ketones is 4. The predicted molar refractivity (Wildman–Crippen MR) is 324 cm³/mol. The Hall–Kier alpha value is -10.3. The van der Waals surface area contributed by atoms with Gasteiger partial charge in [-0.05, 0) is 105 Å². The lowest BCUT2D eigenvalue weighted by atomic mass is 9.98. The van der Waals surface area contributed by atoms with Crippen LogP contribution in [-0.2, 0) is 44.9 Å². The van der Waals surface area contributed by atoms with Crippen molar-refractivity contribution in [2.45, 2.75) is 101 Å². The van der Waals surface area contributed by atoms with Gasteiger partial charge in [-0.2, -0.15) is 0 Å². The fourth-order valence-corrected chi connectivity index (χ4v) is 8.64. The van der Waals surface area contributed by atoms with Crippen LogP contribution in [0.15, 0.2) is 80.6 Å². The van der Waals surface area contributed by atoms with Crippen LogP contribution in [0.4, 0.5) is 0 Å². The molecule has 0 saturated carbocycles. The number of rotatable bonds is 38. The Bertz CT molecular complexity index is 3210. The summed E-state index contributed by atoms with van der Waals surface area (Å²) in [4.78, 5) is 139. The van der Waals surface area contributed by atoms with Gasteiger partial charge < -0.3 is 87.5 Å². The highest BCUT2D eigenvalue weighted by Crippen LogP contribution is 2.23. The highest BCUT2D eigenvalue weighted by Gasteiger charge is 2.29. The molecular formula is C56H78N20O11. The molecule has 0 saturated heterocycles. The number of nitrogens with one attached hydrogen (secondary N) is 3. The average Bonchev–Trinajstić information content (AvgIpc) is 1.78. The Morgan fingerprint density at radius 2 is 0.828 bits per heavy atom. The van der Waals surface area contributed by atoms with Gasteiger partial charge in [-0.3, -0.25) is 58.3 Å². The molecule has 1 aromatic carbocycles. The molecule has 0 spiro atoms. The van der Waals surface area contributed by atoms with Crippen molar-refractivity contribution in [1.82, 2.24) is 30.9 Å². The SMILES string of the molecule is COc1ccc(CC(=O)[C@@H](CCCN=C(N)N)NC(=O)c2cccc(CC(=O)[C@@H](CCCN=C(N)N)NC(=O)c3nc(CC(=O)[C@@H](CCCN=C(N)N)NC(=O)c4nc(CC(=O)[C@H](N)CCCN=C(N)N)ccc4OC)ccc3OC)n2)cc1C(N)=O. The number of nitrogens with zero attached hydrogens (tertiary/aromatic N) is 7. The number of aliphatic imine (C=N–C) groups is 4. The standard InChI is InChI=1S/C56H78N20O11/c1-85-44-18-15-30(25-34(44)49(58)81)26-41(78)36(12-6-22-68-54(61)62)74-50(82)39-11-4-9-31(71-39)28-42(79)37(13-7-23-69-55(63)64)75-52(84)48-46(87-3)20-17-33(73-48)29-43(80)38(14-8-24-70-56(65)66)76-51(83)47-45(86-2)19-16-32(72-47)27-40(77)35(57)10-5-21-67-53(59)60/h4,9,11,15-20,25,35-38H,5-8,10,12-14,21-24,26-29,57H2,1-3H3,(H2,58,81)(H,74,82)(H,75,84)(H,76,83)(H4,59,60,67)(H4,61,62,68)(H4,63,64,69)(H4,65,66,70)/t35-,36-,37-,38-/m1/s1. The smallest absolute Gasteiger partial charge is 0.274 e. The van der Waals surface area contributed by atoms with Crippen LogP contribution < -0.4 is 87.5 Å². The van der Waals surface area contributed by atoms with Gasteiger partial charge >= 0.3 is 0 Å². The predicted octanol–water partition coefficient (Wildman–Crippen LogP) is -2.62. The van der Waals surface area contributed by atoms with Crippen molar-refractivity contribution in [2.75, 3.05) is 47.5 Å². The molecule has 3 aromatic heterocycles. The number of primary amides is 1. The van der Waals surface area contributed by atoms with Crippen LogP contribution in [0.1, 0.15) is 116 Å². The number of aromatic nitrogens is 3. The van der Waals surface area contributed by atoms with Gasteiger partial charge in [0.2, 0.25) is 0 Å². The van der Waals surface area contributed by atoms with Gasteiger partial charge in [0, 0.05) is 49.7 Å². The molecule has 0 radical (unpaired) electrons. The van der Waals surface area contributed by atoms with Gasteiger partial charge in [-0.1, -0.05) is 12.1 Å². The Kier molecular flexibility index (Phi) is 27.9. The van der Waals surface area contributed by atoms with Crippen molar-refractivity contribution in [3.05, 3.63) is 106 Å². The molecule has 4 rings (SSSR count). The molecule has 0 aliphatic heterocycles.